The van der Waals surface area contributed by atoms with Gasteiger partial charge in [0.2, 0.25) is 0 Å². The predicted octanol–water partition coefficient (Wildman–Crippen LogP) is 5.23. The first-order valence-corrected chi connectivity index (χ1v) is 9.51. The molecule has 1 unspecified atom stereocenters. The molecular formula is C21H27O2P. The highest BCUT2D eigenvalue weighted by Crippen LogP contribution is 2.50. The number of aryl methyl sites for hydroxylation is 1. The molecule has 0 aliphatic rings. The number of benzene rings is 2. The Hall–Kier alpha value is -1.66. The highest BCUT2D eigenvalue weighted by atomic mass is 31.1. The van der Waals surface area contributed by atoms with E-state index < -0.39 is 0 Å². The van der Waals surface area contributed by atoms with E-state index in [4.69, 9.17) is 4.74 Å². The third kappa shape index (κ3) is 3.54. The Labute approximate surface area is 147 Å². The van der Waals surface area contributed by atoms with Crippen LogP contribution in [0.1, 0.15) is 55.1 Å². The molecule has 0 saturated heterocycles. The Morgan fingerprint density at radius 2 is 1.75 bits per heavy atom. The lowest BCUT2D eigenvalue weighted by Crippen LogP contribution is -2.24. The fraction of sp³-hybridized carbons (Fsp3) is 0.381. The van der Waals surface area contributed by atoms with Crippen LogP contribution in [0.2, 0.25) is 0 Å². The lowest BCUT2D eigenvalue weighted by molar-refractivity contribution is 0.101. The number of hydrogen-bond acceptors (Lipinski definition) is 2. The van der Waals surface area contributed by atoms with Crippen LogP contribution in [0.3, 0.4) is 0 Å². The van der Waals surface area contributed by atoms with Gasteiger partial charge in [-0.15, -0.1) is 0 Å². The fourth-order valence-corrected chi connectivity index (χ4v) is 5.11. The van der Waals surface area contributed by atoms with Crippen molar-refractivity contribution in [2.75, 3.05) is 7.11 Å². The van der Waals surface area contributed by atoms with Gasteiger partial charge in [-0.1, -0.05) is 64.9 Å². The van der Waals surface area contributed by atoms with Crippen LogP contribution in [0.15, 0.2) is 42.5 Å². The second-order valence-electron chi connectivity index (χ2n) is 6.17. The van der Waals surface area contributed by atoms with E-state index in [1.165, 1.54) is 5.56 Å². The second kappa shape index (κ2) is 7.94. The monoisotopic (exact) mass is 342 g/mol. The molecule has 0 aliphatic carbocycles. The van der Waals surface area contributed by atoms with Crippen LogP contribution in [0.4, 0.5) is 0 Å². The lowest BCUT2D eigenvalue weighted by Gasteiger charge is -2.35. The van der Waals surface area contributed by atoms with Crippen LogP contribution in [0, 0.1) is 6.92 Å². The third-order valence-electron chi connectivity index (χ3n) is 4.82. The zero-order valence-electron chi connectivity index (χ0n) is 15.3. The number of rotatable bonds is 7. The first-order valence-electron chi connectivity index (χ1n) is 8.51. The number of carbonyl (C=O) groups excluding carboxylic acids is 1. The fourth-order valence-electron chi connectivity index (χ4n) is 3.33. The normalized spacial score (nSPS) is 11.9. The molecule has 128 valence electrons. The summed E-state index contributed by atoms with van der Waals surface area (Å²) in [7, 11) is 2.27. The van der Waals surface area contributed by atoms with E-state index in [9.17, 15) is 4.79 Å². The summed E-state index contributed by atoms with van der Waals surface area (Å²) in [5, 5.41) is 1.14. The number of methoxy groups -OCH3 is 1. The van der Waals surface area contributed by atoms with Crippen molar-refractivity contribution in [3.63, 3.8) is 0 Å². The summed E-state index contributed by atoms with van der Waals surface area (Å²) in [5.74, 6) is 1.12. The Bertz CT molecular complexity index is 718. The third-order valence-corrected chi connectivity index (χ3v) is 6.98. The van der Waals surface area contributed by atoms with Crippen LogP contribution in [0.25, 0.3) is 0 Å². The molecule has 0 aromatic heterocycles. The van der Waals surface area contributed by atoms with Crippen LogP contribution < -0.4 is 10.0 Å². The summed E-state index contributed by atoms with van der Waals surface area (Å²) in [5.41, 5.74) is 3.26. The lowest BCUT2D eigenvalue weighted by atomic mass is 9.90. The Balaban J connectivity index is 2.58. The van der Waals surface area contributed by atoms with E-state index in [-0.39, 0.29) is 10.9 Å². The first kappa shape index (κ1) is 18.7. The van der Waals surface area contributed by atoms with E-state index in [0.717, 1.165) is 35.0 Å². The highest BCUT2D eigenvalue weighted by molar-refractivity contribution is 7.48. The van der Waals surface area contributed by atoms with Gasteiger partial charge in [0.1, 0.15) is 5.75 Å². The minimum absolute atomic E-state index is 0.0110. The van der Waals surface area contributed by atoms with Gasteiger partial charge < -0.3 is 4.74 Å². The van der Waals surface area contributed by atoms with E-state index in [0.29, 0.717) is 8.58 Å². The molecule has 0 bridgehead atoms. The van der Waals surface area contributed by atoms with Crippen molar-refractivity contribution in [1.29, 1.82) is 0 Å². The summed E-state index contributed by atoms with van der Waals surface area (Å²) in [6.45, 7) is 8.20. The molecule has 0 aliphatic heterocycles. The van der Waals surface area contributed by atoms with Crippen molar-refractivity contribution in [1.82, 2.24) is 0 Å². The summed E-state index contributed by atoms with van der Waals surface area (Å²) in [4.78, 5) is 12.0. The van der Waals surface area contributed by atoms with E-state index in [1.807, 2.05) is 18.2 Å². The summed E-state index contributed by atoms with van der Waals surface area (Å²) < 4.78 is 5.74. The average molecular weight is 342 g/mol. The molecule has 2 aromatic carbocycles. The first-order chi connectivity index (χ1) is 11.5. The number of carbonyl (C=O) groups is 1. The average Bonchev–Trinajstić information content (AvgIpc) is 2.60. The Kier molecular flexibility index (Phi) is 6.18. The van der Waals surface area contributed by atoms with E-state index >= 15 is 0 Å². The Morgan fingerprint density at radius 1 is 1.08 bits per heavy atom. The predicted molar refractivity (Wildman–Crippen MR) is 104 cm³/mol. The van der Waals surface area contributed by atoms with Gasteiger partial charge in [-0.3, -0.25) is 4.79 Å². The quantitative estimate of drug-likeness (QED) is 0.509. The van der Waals surface area contributed by atoms with Gasteiger partial charge in [0.15, 0.2) is 5.78 Å². The molecule has 0 heterocycles. The standard InChI is InChI=1S/C21H27O2P/c1-6-21(7-2,18-13-10-11-15(3)20(18)23-5)24-19-14-9-8-12-17(19)16(4)22/h8-14,24H,6-7H2,1-5H3. The van der Waals surface area contributed by atoms with Crippen molar-refractivity contribution in [3.05, 3.63) is 59.2 Å². The van der Waals surface area contributed by atoms with Gasteiger partial charge in [-0.25, -0.2) is 0 Å². The largest absolute Gasteiger partial charge is 0.496 e. The SMILES string of the molecule is CCC(CC)(Pc1ccccc1C(C)=O)c1cccc(C)c1OC. The summed E-state index contributed by atoms with van der Waals surface area (Å²) in [6, 6.07) is 14.4. The maximum absolute atomic E-state index is 12.0. The van der Waals surface area contributed by atoms with E-state index in [2.05, 4.69) is 45.0 Å². The van der Waals surface area contributed by atoms with E-state index in [1.54, 1.807) is 14.0 Å². The molecule has 3 heteroatoms. The molecule has 0 fully saturated rings. The van der Waals surface area contributed by atoms with Crippen molar-refractivity contribution >= 4 is 19.7 Å². The molecule has 0 N–H and O–H groups in total. The van der Waals surface area contributed by atoms with Gasteiger partial charge in [0.25, 0.3) is 0 Å². The molecule has 24 heavy (non-hydrogen) atoms. The second-order valence-corrected chi connectivity index (χ2v) is 7.92. The molecular weight excluding hydrogens is 315 g/mol. The molecule has 0 spiro atoms. The summed E-state index contributed by atoms with van der Waals surface area (Å²) in [6.07, 6.45) is 2.02. The van der Waals surface area contributed by atoms with Gasteiger partial charge in [0, 0.05) is 16.3 Å². The van der Waals surface area contributed by atoms with Crippen molar-refractivity contribution in [2.45, 2.75) is 45.7 Å². The Morgan fingerprint density at radius 3 is 2.33 bits per heavy atom. The maximum atomic E-state index is 12.0. The smallest absolute Gasteiger partial charge is 0.160 e. The molecule has 1 atom stereocenters. The topological polar surface area (TPSA) is 26.3 Å². The number of Topliss-reactive ketones (excluding diaryl/α,β-unsaturated/α-hetero) is 1. The van der Waals surface area contributed by atoms with Crippen LogP contribution >= 0.6 is 8.58 Å². The highest BCUT2D eigenvalue weighted by Gasteiger charge is 2.33. The molecule has 0 radical (unpaired) electrons. The molecule has 0 saturated carbocycles. The number of hydrogen-bond donors (Lipinski definition) is 0. The zero-order valence-corrected chi connectivity index (χ0v) is 16.3. The van der Waals surface area contributed by atoms with Crippen LogP contribution in [-0.4, -0.2) is 12.9 Å². The molecule has 2 aromatic rings. The maximum Gasteiger partial charge on any atom is 0.160 e. The minimum Gasteiger partial charge on any atom is -0.496 e. The van der Waals surface area contributed by atoms with Crippen LogP contribution in [0.5, 0.6) is 5.75 Å². The van der Waals surface area contributed by atoms with Crippen molar-refractivity contribution in [2.24, 2.45) is 0 Å². The van der Waals surface area contributed by atoms with Crippen molar-refractivity contribution < 1.29 is 9.53 Å². The number of para-hydroxylation sites is 1. The molecule has 2 rings (SSSR count). The summed E-state index contributed by atoms with van der Waals surface area (Å²) >= 11 is 0. The minimum atomic E-state index is -0.0110. The van der Waals surface area contributed by atoms with Gasteiger partial charge in [-0.05, 0) is 37.6 Å². The van der Waals surface area contributed by atoms with Crippen molar-refractivity contribution in [3.8, 4) is 5.75 Å². The molecule has 0 amide bonds. The zero-order chi connectivity index (χ0) is 17.7. The van der Waals surface area contributed by atoms with Gasteiger partial charge in [0.05, 0.1) is 7.11 Å². The van der Waals surface area contributed by atoms with Gasteiger partial charge >= 0.3 is 0 Å². The molecule has 2 nitrogen and oxygen atoms in total. The number of ketones is 1. The number of ether oxygens (including phenoxy) is 1. The van der Waals surface area contributed by atoms with Gasteiger partial charge in [-0.2, -0.15) is 0 Å². The van der Waals surface area contributed by atoms with Crippen LogP contribution in [-0.2, 0) is 5.16 Å².